The van der Waals surface area contributed by atoms with Crippen LogP contribution in [-0.2, 0) is 5.88 Å². The van der Waals surface area contributed by atoms with E-state index in [1.54, 1.807) is 18.2 Å². The minimum atomic E-state index is 0.0960. The molecule has 0 aliphatic heterocycles. The van der Waals surface area contributed by atoms with Crippen LogP contribution in [0.1, 0.15) is 29.3 Å². The van der Waals surface area contributed by atoms with Gasteiger partial charge < -0.3 is 5.73 Å². The zero-order valence-electron chi connectivity index (χ0n) is 7.51. The molecule has 1 aromatic rings. The first-order valence-corrected chi connectivity index (χ1v) is 4.69. The molecule has 0 aromatic heterocycles. The van der Waals surface area contributed by atoms with E-state index in [0.29, 0.717) is 23.6 Å². The summed E-state index contributed by atoms with van der Waals surface area (Å²) in [6.45, 7) is 1.83. The maximum absolute atomic E-state index is 11.3. The molecular formula is C10H12ClNO. The number of hydrogen-bond donors (Lipinski definition) is 1. The third kappa shape index (κ3) is 2.46. The number of carbonyl (C=O) groups is 1. The molecule has 1 rings (SSSR count). The Kier molecular flexibility index (Phi) is 3.32. The lowest BCUT2D eigenvalue weighted by atomic mass is 10.1. The van der Waals surface area contributed by atoms with Crippen molar-refractivity contribution in [2.75, 3.05) is 5.73 Å². The van der Waals surface area contributed by atoms with Crippen LogP contribution in [0.15, 0.2) is 18.2 Å². The molecule has 0 aliphatic rings. The van der Waals surface area contributed by atoms with E-state index in [-0.39, 0.29) is 5.78 Å². The molecule has 0 unspecified atom stereocenters. The molecule has 2 N–H and O–H groups in total. The summed E-state index contributed by atoms with van der Waals surface area (Å²) in [5.74, 6) is 0.480. The van der Waals surface area contributed by atoms with Gasteiger partial charge in [0.05, 0.1) is 0 Å². The van der Waals surface area contributed by atoms with Gasteiger partial charge in [-0.25, -0.2) is 0 Å². The van der Waals surface area contributed by atoms with Gasteiger partial charge >= 0.3 is 0 Å². The van der Waals surface area contributed by atoms with Crippen LogP contribution in [0.3, 0.4) is 0 Å². The Labute approximate surface area is 82.7 Å². The summed E-state index contributed by atoms with van der Waals surface area (Å²) < 4.78 is 0. The maximum Gasteiger partial charge on any atom is 0.162 e. The predicted octanol–water partition coefficient (Wildman–Crippen LogP) is 2.60. The standard InChI is InChI=1S/C10H12ClNO/c1-2-10(13)8-3-7(6-11)4-9(12)5-8/h3-5H,2,6,12H2,1H3. The molecule has 0 aliphatic carbocycles. The van der Waals surface area contributed by atoms with E-state index < -0.39 is 0 Å². The lowest BCUT2D eigenvalue weighted by Crippen LogP contribution is -1.99. The highest BCUT2D eigenvalue weighted by Crippen LogP contribution is 2.15. The number of anilines is 1. The molecule has 0 amide bonds. The second kappa shape index (κ2) is 4.28. The van der Waals surface area contributed by atoms with E-state index in [9.17, 15) is 4.79 Å². The summed E-state index contributed by atoms with van der Waals surface area (Å²) in [7, 11) is 0. The summed E-state index contributed by atoms with van der Waals surface area (Å²) in [6.07, 6.45) is 0.491. The van der Waals surface area contributed by atoms with Crippen molar-refractivity contribution in [2.45, 2.75) is 19.2 Å². The number of rotatable bonds is 3. The van der Waals surface area contributed by atoms with Crippen molar-refractivity contribution in [3.63, 3.8) is 0 Å². The third-order valence-electron chi connectivity index (χ3n) is 1.81. The van der Waals surface area contributed by atoms with Gasteiger partial charge in [0.2, 0.25) is 0 Å². The van der Waals surface area contributed by atoms with E-state index in [0.717, 1.165) is 5.56 Å². The van der Waals surface area contributed by atoms with Gasteiger partial charge in [0.25, 0.3) is 0 Å². The van der Waals surface area contributed by atoms with Crippen molar-refractivity contribution >= 4 is 23.1 Å². The highest BCUT2D eigenvalue weighted by Gasteiger charge is 2.04. The van der Waals surface area contributed by atoms with Crippen molar-refractivity contribution in [1.29, 1.82) is 0 Å². The normalized spacial score (nSPS) is 10.0. The van der Waals surface area contributed by atoms with Crippen molar-refractivity contribution in [1.82, 2.24) is 0 Å². The minimum absolute atomic E-state index is 0.0960. The number of nitrogens with two attached hydrogens (primary N) is 1. The monoisotopic (exact) mass is 197 g/mol. The molecule has 1 aromatic carbocycles. The van der Waals surface area contributed by atoms with Crippen LogP contribution in [-0.4, -0.2) is 5.78 Å². The van der Waals surface area contributed by atoms with Gasteiger partial charge in [-0.1, -0.05) is 6.92 Å². The zero-order valence-corrected chi connectivity index (χ0v) is 8.27. The van der Waals surface area contributed by atoms with Crippen molar-refractivity contribution < 1.29 is 4.79 Å². The van der Waals surface area contributed by atoms with Gasteiger partial charge in [-0.05, 0) is 23.8 Å². The molecule has 0 saturated heterocycles. The molecule has 0 saturated carbocycles. The third-order valence-corrected chi connectivity index (χ3v) is 2.12. The Balaban J connectivity index is 3.08. The molecule has 0 radical (unpaired) electrons. The van der Waals surface area contributed by atoms with Crippen molar-refractivity contribution in [2.24, 2.45) is 0 Å². The summed E-state index contributed by atoms with van der Waals surface area (Å²) in [6, 6.07) is 5.25. The predicted molar refractivity (Wildman–Crippen MR) is 55.0 cm³/mol. The number of alkyl halides is 1. The molecule has 70 valence electrons. The van der Waals surface area contributed by atoms with Gasteiger partial charge in [0, 0.05) is 23.6 Å². The molecule has 2 nitrogen and oxygen atoms in total. The summed E-state index contributed by atoms with van der Waals surface area (Å²) in [4.78, 5) is 11.3. The summed E-state index contributed by atoms with van der Waals surface area (Å²) in [5, 5.41) is 0. The largest absolute Gasteiger partial charge is 0.399 e. The van der Waals surface area contributed by atoms with Crippen LogP contribution in [0.4, 0.5) is 5.69 Å². The van der Waals surface area contributed by atoms with Crippen LogP contribution in [0.2, 0.25) is 0 Å². The first-order valence-electron chi connectivity index (χ1n) is 4.16. The Morgan fingerprint density at radius 3 is 2.69 bits per heavy atom. The van der Waals surface area contributed by atoms with Gasteiger partial charge in [-0.15, -0.1) is 11.6 Å². The van der Waals surface area contributed by atoms with Gasteiger partial charge in [-0.2, -0.15) is 0 Å². The van der Waals surface area contributed by atoms with E-state index in [4.69, 9.17) is 17.3 Å². The van der Waals surface area contributed by atoms with Crippen LogP contribution >= 0.6 is 11.6 Å². The van der Waals surface area contributed by atoms with Gasteiger partial charge in [-0.3, -0.25) is 4.79 Å². The lowest BCUT2D eigenvalue weighted by Gasteiger charge is -2.03. The number of benzene rings is 1. The number of hydrogen-bond acceptors (Lipinski definition) is 2. The fourth-order valence-electron chi connectivity index (χ4n) is 1.16. The maximum atomic E-state index is 11.3. The van der Waals surface area contributed by atoms with Gasteiger partial charge in [0.15, 0.2) is 5.78 Å². The van der Waals surface area contributed by atoms with Crippen molar-refractivity contribution in [3.8, 4) is 0 Å². The van der Waals surface area contributed by atoms with Crippen LogP contribution in [0.25, 0.3) is 0 Å². The Hall–Kier alpha value is -1.02. The number of halogens is 1. The number of ketones is 1. The Morgan fingerprint density at radius 2 is 2.15 bits per heavy atom. The van der Waals surface area contributed by atoms with E-state index in [2.05, 4.69) is 0 Å². The topological polar surface area (TPSA) is 43.1 Å². The first-order chi connectivity index (χ1) is 6.17. The van der Waals surface area contributed by atoms with E-state index in [1.165, 1.54) is 0 Å². The fourth-order valence-corrected chi connectivity index (χ4v) is 1.31. The van der Waals surface area contributed by atoms with E-state index >= 15 is 0 Å². The lowest BCUT2D eigenvalue weighted by molar-refractivity contribution is 0.0988. The zero-order chi connectivity index (χ0) is 9.84. The molecule has 0 spiro atoms. The average molecular weight is 198 g/mol. The first kappa shape index (κ1) is 10.1. The quantitative estimate of drug-likeness (QED) is 0.460. The smallest absolute Gasteiger partial charge is 0.162 e. The number of Topliss-reactive ketones (excluding diaryl/α,β-unsaturated/α-hetero) is 1. The molecule has 13 heavy (non-hydrogen) atoms. The average Bonchev–Trinajstić information content (AvgIpc) is 2.15. The minimum Gasteiger partial charge on any atom is -0.399 e. The highest BCUT2D eigenvalue weighted by atomic mass is 35.5. The summed E-state index contributed by atoms with van der Waals surface area (Å²) in [5.41, 5.74) is 7.75. The molecule has 0 bridgehead atoms. The second-order valence-electron chi connectivity index (χ2n) is 2.87. The molecule has 0 fully saturated rings. The molecular weight excluding hydrogens is 186 g/mol. The summed E-state index contributed by atoms with van der Waals surface area (Å²) >= 11 is 5.65. The number of carbonyl (C=O) groups excluding carboxylic acids is 1. The van der Waals surface area contributed by atoms with Gasteiger partial charge in [0.1, 0.15) is 0 Å². The molecule has 3 heteroatoms. The molecule has 0 heterocycles. The van der Waals surface area contributed by atoms with E-state index in [1.807, 2.05) is 6.92 Å². The van der Waals surface area contributed by atoms with Crippen LogP contribution in [0.5, 0.6) is 0 Å². The second-order valence-corrected chi connectivity index (χ2v) is 3.14. The molecule has 0 atom stereocenters. The van der Waals surface area contributed by atoms with Crippen molar-refractivity contribution in [3.05, 3.63) is 29.3 Å². The van der Waals surface area contributed by atoms with Crippen LogP contribution < -0.4 is 5.73 Å². The number of nitrogen functional groups attached to an aromatic ring is 1. The Bertz CT molecular complexity index is 323. The highest BCUT2D eigenvalue weighted by molar-refractivity contribution is 6.17. The Morgan fingerprint density at radius 1 is 1.46 bits per heavy atom. The fraction of sp³-hybridized carbons (Fsp3) is 0.300. The SMILES string of the molecule is CCC(=O)c1cc(N)cc(CCl)c1. The van der Waals surface area contributed by atoms with Crippen LogP contribution in [0, 0.1) is 0 Å².